The van der Waals surface area contributed by atoms with Crippen molar-refractivity contribution in [1.82, 2.24) is 0 Å². The van der Waals surface area contributed by atoms with E-state index < -0.39 is 0 Å². The monoisotopic (exact) mass is 125 g/mol. The van der Waals surface area contributed by atoms with E-state index in [0.29, 0.717) is 0 Å². The highest BCUT2D eigenvalue weighted by atomic mass is 24.3. The summed E-state index contributed by atoms with van der Waals surface area (Å²) in [5.41, 5.74) is 0. The molecular weight excluding hydrogens is 108 g/mol. The van der Waals surface area contributed by atoms with Crippen LogP contribution in [-0.4, -0.2) is 23.1 Å². The summed E-state index contributed by atoms with van der Waals surface area (Å²) in [6, 6.07) is 0. The summed E-state index contributed by atoms with van der Waals surface area (Å²) < 4.78 is 0. The Morgan fingerprint density at radius 3 is 2.00 bits per heavy atom. The highest BCUT2D eigenvalue weighted by molar-refractivity contribution is 5.75. The van der Waals surface area contributed by atoms with Gasteiger partial charge in [0.05, 0.1) is 0 Å². The Kier molecular flexibility index (Phi) is 11.2. The van der Waals surface area contributed by atoms with E-state index in [2.05, 4.69) is 27.2 Å². The lowest BCUT2D eigenvalue weighted by molar-refractivity contribution is 0.583. The molecule has 0 rings (SSSR count). The highest BCUT2D eigenvalue weighted by Crippen LogP contribution is 2.03. The van der Waals surface area contributed by atoms with Gasteiger partial charge in [0, 0.05) is 0 Å². The average Bonchev–Trinajstić information content (AvgIpc) is 1.61. The molecule has 0 aromatic heterocycles. The third-order valence-electron chi connectivity index (χ3n) is 1.03. The summed E-state index contributed by atoms with van der Waals surface area (Å²) >= 11 is 0. The molecule has 0 atom stereocenters. The van der Waals surface area contributed by atoms with Crippen LogP contribution in [0.4, 0.5) is 0 Å². The summed E-state index contributed by atoms with van der Waals surface area (Å²) in [5.74, 6) is 0.871. The van der Waals surface area contributed by atoms with Crippen molar-refractivity contribution in [2.75, 3.05) is 0 Å². The summed E-state index contributed by atoms with van der Waals surface area (Å²) in [5, 5.41) is 0. The van der Waals surface area contributed by atoms with Crippen molar-refractivity contribution in [1.29, 1.82) is 0 Å². The van der Waals surface area contributed by atoms with Crippen LogP contribution < -0.4 is 0 Å². The third kappa shape index (κ3) is 9.90. The predicted molar refractivity (Wildman–Crippen MR) is 42.6 cm³/mol. The van der Waals surface area contributed by atoms with Crippen molar-refractivity contribution in [3.05, 3.63) is 6.42 Å². The Bertz CT molecular complexity index is 33.4. The fraction of sp³-hybridized carbons (Fsp3) is 0.857. The van der Waals surface area contributed by atoms with Crippen LogP contribution in [0.3, 0.4) is 0 Å². The second kappa shape index (κ2) is 7.77. The van der Waals surface area contributed by atoms with Crippen LogP contribution in [-0.2, 0) is 0 Å². The SMILES string of the molecule is C[CH]CCC(C)C.[MgH2]. The number of hydrogen-bond donors (Lipinski definition) is 0. The zero-order valence-corrected chi connectivity index (χ0v) is 5.57. The quantitative estimate of drug-likeness (QED) is 0.504. The van der Waals surface area contributed by atoms with E-state index in [4.69, 9.17) is 0 Å². The summed E-state index contributed by atoms with van der Waals surface area (Å²) in [6.45, 7) is 6.62. The molecule has 0 aromatic rings. The molecule has 0 aliphatic carbocycles. The zero-order chi connectivity index (χ0) is 5.70. The van der Waals surface area contributed by atoms with Crippen LogP contribution in [0.2, 0.25) is 0 Å². The number of rotatable bonds is 3. The van der Waals surface area contributed by atoms with Crippen molar-refractivity contribution in [3.63, 3.8) is 0 Å². The van der Waals surface area contributed by atoms with Crippen molar-refractivity contribution < 1.29 is 0 Å². The summed E-state index contributed by atoms with van der Waals surface area (Å²) in [7, 11) is 0. The van der Waals surface area contributed by atoms with Crippen LogP contribution in [0.25, 0.3) is 0 Å². The molecule has 0 fully saturated rings. The molecule has 0 saturated carbocycles. The van der Waals surface area contributed by atoms with Gasteiger partial charge in [-0.15, -0.1) is 0 Å². The molecule has 0 nitrogen and oxygen atoms in total. The molecule has 0 heterocycles. The Labute approximate surface area is 69.2 Å². The molecular formula is C7H17Mg. The molecule has 0 bridgehead atoms. The molecule has 0 aromatic carbocycles. The van der Waals surface area contributed by atoms with E-state index in [9.17, 15) is 0 Å². The van der Waals surface area contributed by atoms with Crippen molar-refractivity contribution >= 4 is 23.1 Å². The third-order valence-corrected chi connectivity index (χ3v) is 1.03. The van der Waals surface area contributed by atoms with Crippen LogP contribution in [0.15, 0.2) is 0 Å². The molecule has 0 saturated heterocycles. The number of unbranched alkanes of at least 4 members (excludes halogenated alkanes) is 1. The molecule has 0 N–H and O–H groups in total. The minimum Gasteiger partial charge on any atom is -0.0628 e. The summed E-state index contributed by atoms with van der Waals surface area (Å²) in [6.07, 6.45) is 4.84. The van der Waals surface area contributed by atoms with Crippen molar-refractivity contribution in [3.8, 4) is 0 Å². The summed E-state index contributed by atoms with van der Waals surface area (Å²) in [4.78, 5) is 0. The van der Waals surface area contributed by atoms with Gasteiger partial charge < -0.3 is 0 Å². The molecule has 0 aliphatic rings. The average molecular weight is 126 g/mol. The minimum absolute atomic E-state index is 0. The fourth-order valence-corrected chi connectivity index (χ4v) is 0.500. The van der Waals surface area contributed by atoms with Gasteiger partial charge in [-0.2, -0.15) is 0 Å². The van der Waals surface area contributed by atoms with E-state index in [1.165, 1.54) is 12.8 Å². The molecule has 0 unspecified atom stereocenters. The second-order valence-corrected chi connectivity index (χ2v) is 2.38. The van der Waals surface area contributed by atoms with Gasteiger partial charge in [0.2, 0.25) is 0 Å². The van der Waals surface area contributed by atoms with Crippen molar-refractivity contribution in [2.24, 2.45) is 5.92 Å². The standard InChI is InChI=1S/C7H15.Mg.2H/c1-4-5-6-7(2)3;;;/h4,7H,5-6H2,1-3H3;;;. The normalized spacial score (nSPS) is 9.00. The Hall–Kier alpha value is 0.766. The second-order valence-electron chi connectivity index (χ2n) is 2.38. The lowest BCUT2D eigenvalue weighted by atomic mass is 10.1. The van der Waals surface area contributed by atoms with Crippen molar-refractivity contribution in [2.45, 2.75) is 33.6 Å². The fourth-order valence-electron chi connectivity index (χ4n) is 0.500. The lowest BCUT2D eigenvalue weighted by Gasteiger charge is -1.98. The van der Waals surface area contributed by atoms with Crippen LogP contribution in [0.1, 0.15) is 33.6 Å². The number of hydrogen-bond acceptors (Lipinski definition) is 0. The van der Waals surface area contributed by atoms with Gasteiger partial charge in [-0.1, -0.05) is 33.6 Å². The lowest BCUT2D eigenvalue weighted by Crippen LogP contribution is -1.84. The first-order valence-electron chi connectivity index (χ1n) is 3.05. The van der Waals surface area contributed by atoms with Gasteiger partial charge in [0.1, 0.15) is 0 Å². The molecule has 1 heteroatoms. The first-order valence-corrected chi connectivity index (χ1v) is 3.05. The van der Waals surface area contributed by atoms with Gasteiger partial charge >= 0.3 is 23.1 Å². The smallest absolute Gasteiger partial charge is 0.0628 e. The highest BCUT2D eigenvalue weighted by Gasteiger charge is 1.88. The van der Waals surface area contributed by atoms with Crippen LogP contribution in [0, 0.1) is 12.3 Å². The topological polar surface area (TPSA) is 0 Å². The largest absolute Gasteiger partial charge is 0.316 e. The maximum absolute atomic E-state index is 2.25. The van der Waals surface area contributed by atoms with Crippen LogP contribution in [0.5, 0.6) is 0 Å². The maximum Gasteiger partial charge on any atom is 0.316 e. The van der Waals surface area contributed by atoms with E-state index in [-0.39, 0.29) is 23.1 Å². The van der Waals surface area contributed by atoms with Crippen LogP contribution >= 0.6 is 0 Å². The molecule has 0 aliphatic heterocycles. The zero-order valence-electron chi connectivity index (χ0n) is 5.57. The van der Waals surface area contributed by atoms with E-state index in [0.717, 1.165) is 5.92 Å². The Balaban J connectivity index is 0. The Morgan fingerprint density at radius 2 is 1.88 bits per heavy atom. The predicted octanol–water partition coefficient (Wildman–Crippen LogP) is 1.73. The van der Waals surface area contributed by atoms with Gasteiger partial charge in [-0.3, -0.25) is 0 Å². The molecule has 8 heavy (non-hydrogen) atoms. The van der Waals surface area contributed by atoms with E-state index in [1.807, 2.05) is 0 Å². The molecule has 0 amide bonds. The van der Waals surface area contributed by atoms with E-state index >= 15 is 0 Å². The van der Waals surface area contributed by atoms with Gasteiger partial charge in [-0.25, -0.2) is 0 Å². The molecule has 47 valence electrons. The first-order chi connectivity index (χ1) is 3.27. The van der Waals surface area contributed by atoms with Gasteiger partial charge in [-0.05, 0) is 12.3 Å². The maximum atomic E-state index is 2.25. The molecule has 1 radical (unpaired) electrons. The van der Waals surface area contributed by atoms with Gasteiger partial charge in [0.15, 0.2) is 0 Å². The minimum atomic E-state index is 0. The molecule has 0 spiro atoms. The van der Waals surface area contributed by atoms with E-state index in [1.54, 1.807) is 0 Å². The van der Waals surface area contributed by atoms with Gasteiger partial charge in [0.25, 0.3) is 0 Å². The Morgan fingerprint density at radius 1 is 1.38 bits per heavy atom. The first kappa shape index (κ1) is 11.5.